The van der Waals surface area contributed by atoms with Gasteiger partial charge in [0.2, 0.25) is 0 Å². The van der Waals surface area contributed by atoms with Gasteiger partial charge >= 0.3 is 0 Å². The predicted molar refractivity (Wildman–Crippen MR) is 80.8 cm³/mol. The van der Waals surface area contributed by atoms with Crippen LogP contribution >= 0.6 is 0 Å². The van der Waals surface area contributed by atoms with Gasteiger partial charge in [0.05, 0.1) is 25.2 Å². The molecule has 2 aliphatic carbocycles. The molecule has 1 aromatic carbocycles. The summed E-state index contributed by atoms with van der Waals surface area (Å²) in [5.74, 6) is 2.28. The Balaban J connectivity index is 1.37. The van der Waals surface area contributed by atoms with Crippen LogP contribution in [-0.4, -0.2) is 13.7 Å². The van der Waals surface area contributed by atoms with Gasteiger partial charge in [0.1, 0.15) is 5.75 Å². The Labute approximate surface area is 126 Å². The molecule has 0 aromatic heterocycles. The van der Waals surface area contributed by atoms with E-state index in [2.05, 4.69) is 6.07 Å². The third kappa shape index (κ3) is 3.57. The van der Waals surface area contributed by atoms with E-state index in [9.17, 15) is 5.26 Å². The molecular weight excluding hydrogens is 262 g/mol. The van der Waals surface area contributed by atoms with Crippen LogP contribution < -0.4 is 4.74 Å². The summed E-state index contributed by atoms with van der Waals surface area (Å²) < 4.78 is 10.9. The van der Waals surface area contributed by atoms with Gasteiger partial charge in [-0.25, -0.2) is 0 Å². The van der Waals surface area contributed by atoms with Crippen molar-refractivity contribution in [3.8, 4) is 11.8 Å². The van der Waals surface area contributed by atoms with Crippen LogP contribution in [-0.2, 0) is 11.3 Å². The lowest BCUT2D eigenvalue weighted by Gasteiger charge is -2.42. The number of methoxy groups -OCH3 is 1. The number of nitriles is 1. The summed E-state index contributed by atoms with van der Waals surface area (Å²) in [5, 5.41) is 9.38. The molecule has 0 amide bonds. The molecule has 0 spiro atoms. The lowest BCUT2D eigenvalue weighted by Crippen LogP contribution is -2.38. The van der Waals surface area contributed by atoms with Crippen molar-refractivity contribution in [1.29, 1.82) is 5.26 Å². The molecule has 112 valence electrons. The summed E-state index contributed by atoms with van der Waals surface area (Å²) in [4.78, 5) is 0. The van der Waals surface area contributed by atoms with Crippen LogP contribution in [0.4, 0.5) is 0 Å². The molecule has 0 saturated heterocycles. The molecule has 0 unspecified atom stereocenters. The molecule has 0 N–H and O–H groups in total. The Morgan fingerprint density at radius 2 is 1.90 bits per heavy atom. The SMILES string of the molecule is COc1ccc(COC[C@H]2C[C@@](C#N)(CC3CC3)C2)cc1. The number of nitrogens with zero attached hydrogens (tertiary/aromatic N) is 1. The van der Waals surface area contributed by atoms with Gasteiger partial charge in [-0.05, 0) is 48.8 Å². The topological polar surface area (TPSA) is 42.2 Å². The Morgan fingerprint density at radius 1 is 1.19 bits per heavy atom. The predicted octanol–water partition coefficient (Wildman–Crippen LogP) is 3.93. The molecule has 0 heterocycles. The van der Waals surface area contributed by atoms with Crippen molar-refractivity contribution in [3.05, 3.63) is 29.8 Å². The number of hydrogen-bond donors (Lipinski definition) is 0. The molecule has 1 aromatic rings. The maximum atomic E-state index is 9.38. The van der Waals surface area contributed by atoms with Crippen molar-refractivity contribution in [3.63, 3.8) is 0 Å². The number of rotatable bonds is 7. The molecule has 0 bridgehead atoms. The molecule has 21 heavy (non-hydrogen) atoms. The minimum atomic E-state index is -0.0185. The van der Waals surface area contributed by atoms with Crippen molar-refractivity contribution in [1.82, 2.24) is 0 Å². The first kappa shape index (κ1) is 14.4. The van der Waals surface area contributed by atoms with E-state index >= 15 is 0 Å². The summed E-state index contributed by atoms with van der Waals surface area (Å²) in [6, 6.07) is 10.5. The highest BCUT2D eigenvalue weighted by atomic mass is 16.5. The second-order valence-electron chi connectivity index (χ2n) is 6.68. The molecular formula is C18H23NO2. The van der Waals surface area contributed by atoms with Gasteiger partial charge in [-0.1, -0.05) is 25.0 Å². The maximum absolute atomic E-state index is 9.38. The van der Waals surface area contributed by atoms with Crippen molar-refractivity contribution in [2.45, 2.75) is 38.7 Å². The normalized spacial score (nSPS) is 27.7. The fraction of sp³-hybridized carbons (Fsp3) is 0.611. The van der Waals surface area contributed by atoms with Crippen LogP contribution in [0.1, 0.15) is 37.7 Å². The Bertz CT molecular complexity index is 507. The van der Waals surface area contributed by atoms with E-state index in [4.69, 9.17) is 9.47 Å². The largest absolute Gasteiger partial charge is 0.497 e. The van der Waals surface area contributed by atoms with Crippen LogP contribution in [0.25, 0.3) is 0 Å². The maximum Gasteiger partial charge on any atom is 0.118 e. The fourth-order valence-electron chi connectivity index (χ4n) is 3.41. The van der Waals surface area contributed by atoms with Gasteiger partial charge in [0.15, 0.2) is 0 Å². The van der Waals surface area contributed by atoms with Crippen molar-refractivity contribution in [2.75, 3.05) is 13.7 Å². The van der Waals surface area contributed by atoms with E-state index in [0.717, 1.165) is 37.5 Å². The molecule has 2 fully saturated rings. The Morgan fingerprint density at radius 3 is 2.48 bits per heavy atom. The third-order valence-electron chi connectivity index (χ3n) is 4.75. The highest BCUT2D eigenvalue weighted by Crippen LogP contribution is 2.53. The van der Waals surface area contributed by atoms with Gasteiger partial charge in [-0.3, -0.25) is 0 Å². The number of hydrogen-bond acceptors (Lipinski definition) is 3. The van der Waals surface area contributed by atoms with Crippen LogP contribution in [0.5, 0.6) is 5.75 Å². The molecule has 3 heteroatoms. The van der Waals surface area contributed by atoms with E-state index in [1.54, 1.807) is 7.11 Å². The van der Waals surface area contributed by atoms with Gasteiger partial charge in [0, 0.05) is 6.61 Å². The second-order valence-corrected chi connectivity index (χ2v) is 6.68. The van der Waals surface area contributed by atoms with Crippen molar-refractivity contribution >= 4 is 0 Å². The fourth-order valence-corrected chi connectivity index (χ4v) is 3.41. The Kier molecular flexibility index (Phi) is 4.17. The van der Waals surface area contributed by atoms with Gasteiger partial charge in [-0.15, -0.1) is 0 Å². The lowest BCUT2D eigenvalue weighted by molar-refractivity contribution is 0.00340. The van der Waals surface area contributed by atoms with Crippen LogP contribution in [0.2, 0.25) is 0 Å². The monoisotopic (exact) mass is 285 g/mol. The zero-order valence-electron chi connectivity index (χ0n) is 12.7. The van der Waals surface area contributed by atoms with E-state index in [0.29, 0.717) is 12.5 Å². The minimum Gasteiger partial charge on any atom is -0.497 e. The number of benzene rings is 1. The van der Waals surface area contributed by atoms with Crippen LogP contribution in [0, 0.1) is 28.6 Å². The average molecular weight is 285 g/mol. The number of ether oxygens (including phenoxy) is 2. The van der Waals surface area contributed by atoms with Gasteiger partial charge in [-0.2, -0.15) is 5.26 Å². The summed E-state index contributed by atoms with van der Waals surface area (Å²) in [6.45, 7) is 1.42. The molecule has 2 saturated carbocycles. The Hall–Kier alpha value is -1.53. The van der Waals surface area contributed by atoms with Gasteiger partial charge in [0.25, 0.3) is 0 Å². The lowest BCUT2D eigenvalue weighted by atomic mass is 9.60. The van der Waals surface area contributed by atoms with Crippen LogP contribution in [0.15, 0.2) is 24.3 Å². The highest BCUT2D eigenvalue weighted by molar-refractivity contribution is 5.26. The van der Waals surface area contributed by atoms with E-state index in [1.807, 2.05) is 24.3 Å². The zero-order valence-corrected chi connectivity index (χ0v) is 12.7. The van der Waals surface area contributed by atoms with E-state index in [1.165, 1.54) is 18.4 Å². The third-order valence-corrected chi connectivity index (χ3v) is 4.75. The quantitative estimate of drug-likeness (QED) is 0.762. The zero-order chi connectivity index (χ0) is 14.7. The smallest absolute Gasteiger partial charge is 0.118 e. The molecule has 3 nitrogen and oxygen atoms in total. The summed E-state index contributed by atoms with van der Waals surface area (Å²) in [7, 11) is 1.67. The van der Waals surface area contributed by atoms with Gasteiger partial charge < -0.3 is 9.47 Å². The van der Waals surface area contributed by atoms with E-state index < -0.39 is 0 Å². The van der Waals surface area contributed by atoms with Crippen LogP contribution in [0.3, 0.4) is 0 Å². The molecule has 3 rings (SSSR count). The summed E-state index contributed by atoms with van der Waals surface area (Å²) in [5.41, 5.74) is 1.15. The average Bonchev–Trinajstić information content (AvgIpc) is 3.29. The standard InChI is InChI=1S/C18H23NO2/c1-20-17-6-4-15(5-7-17)11-21-12-16-9-18(10-16,13-19)8-14-2-3-14/h4-7,14,16H,2-3,8-12H2,1H3/t16-,18-. The summed E-state index contributed by atoms with van der Waals surface area (Å²) >= 11 is 0. The van der Waals surface area contributed by atoms with Crippen molar-refractivity contribution in [2.24, 2.45) is 17.3 Å². The first-order chi connectivity index (χ1) is 10.2. The first-order valence-electron chi connectivity index (χ1n) is 7.85. The molecule has 0 aliphatic heterocycles. The van der Waals surface area contributed by atoms with E-state index in [-0.39, 0.29) is 5.41 Å². The van der Waals surface area contributed by atoms with Crippen molar-refractivity contribution < 1.29 is 9.47 Å². The highest BCUT2D eigenvalue weighted by Gasteiger charge is 2.47. The second kappa shape index (κ2) is 6.07. The molecule has 2 aliphatic rings. The first-order valence-corrected chi connectivity index (χ1v) is 7.85. The molecule has 0 radical (unpaired) electrons. The summed E-state index contributed by atoms with van der Waals surface area (Å²) in [6.07, 6.45) is 5.85. The molecule has 0 atom stereocenters. The minimum absolute atomic E-state index is 0.0185.